The molecule has 14 nitrogen and oxygen atoms in total. The topological polar surface area (TPSA) is 181 Å². The summed E-state index contributed by atoms with van der Waals surface area (Å²) < 4.78 is 22.2. The molecule has 32 heavy (non-hydrogen) atoms. The van der Waals surface area contributed by atoms with Gasteiger partial charge in [0.15, 0.2) is 0 Å². The molecule has 0 aliphatic carbocycles. The number of aromatic amines is 2. The molecular formula is C18H22N4O10. The molecule has 0 spiro atoms. The van der Waals surface area contributed by atoms with Crippen LogP contribution < -0.4 is 22.5 Å². The highest BCUT2D eigenvalue weighted by atomic mass is 16.6. The van der Waals surface area contributed by atoms with Crippen molar-refractivity contribution in [1.82, 2.24) is 19.1 Å². The van der Waals surface area contributed by atoms with Crippen LogP contribution in [0.5, 0.6) is 0 Å². The molecule has 2 aromatic heterocycles. The molecule has 0 aliphatic heterocycles. The Labute approximate surface area is 179 Å². The van der Waals surface area contributed by atoms with Gasteiger partial charge in [0, 0.05) is 24.5 Å². The standard InChI is InChI=1S/C18H22N4O10/c23-13-1-3-21(17(27)19-13)11-15(25)31-9-7-29-5-6-30-8-10-32-16(26)12-22-4-2-14(24)20-18(22)28/h1-4H,5-12H2,(H,19,23,27)(H,20,24,28). The highest BCUT2D eigenvalue weighted by molar-refractivity contribution is 5.69. The van der Waals surface area contributed by atoms with Gasteiger partial charge in [0.05, 0.1) is 26.4 Å². The first-order valence-electron chi connectivity index (χ1n) is 9.41. The van der Waals surface area contributed by atoms with Crippen LogP contribution in [0.15, 0.2) is 43.7 Å². The molecule has 0 atom stereocenters. The minimum atomic E-state index is -0.709. The lowest BCUT2D eigenvalue weighted by molar-refractivity contribution is -0.147. The first kappa shape index (κ1) is 24.5. The van der Waals surface area contributed by atoms with E-state index in [0.29, 0.717) is 0 Å². The summed E-state index contributed by atoms with van der Waals surface area (Å²) in [6.07, 6.45) is 2.38. The molecule has 0 aromatic carbocycles. The van der Waals surface area contributed by atoms with Gasteiger partial charge >= 0.3 is 23.3 Å². The largest absolute Gasteiger partial charge is 0.462 e. The predicted molar refractivity (Wildman–Crippen MR) is 106 cm³/mol. The summed E-state index contributed by atoms with van der Waals surface area (Å²) in [4.78, 5) is 72.1. The van der Waals surface area contributed by atoms with E-state index in [2.05, 4.69) is 0 Å². The molecule has 2 heterocycles. The van der Waals surface area contributed by atoms with Crippen molar-refractivity contribution >= 4 is 11.9 Å². The van der Waals surface area contributed by atoms with E-state index < -0.39 is 34.4 Å². The van der Waals surface area contributed by atoms with E-state index in [4.69, 9.17) is 18.9 Å². The minimum absolute atomic E-state index is 0.0291. The van der Waals surface area contributed by atoms with Gasteiger partial charge in [0.25, 0.3) is 11.1 Å². The van der Waals surface area contributed by atoms with Crippen LogP contribution in [-0.4, -0.2) is 70.7 Å². The smallest absolute Gasteiger partial charge is 0.328 e. The lowest BCUT2D eigenvalue weighted by atomic mass is 10.5. The van der Waals surface area contributed by atoms with Gasteiger partial charge in [-0.25, -0.2) is 9.59 Å². The van der Waals surface area contributed by atoms with Crippen LogP contribution in [0.3, 0.4) is 0 Å². The predicted octanol–water partition coefficient (Wildman–Crippen LogP) is -2.79. The third-order valence-corrected chi connectivity index (χ3v) is 3.75. The molecule has 2 N–H and O–H groups in total. The van der Waals surface area contributed by atoms with Gasteiger partial charge in [-0.3, -0.25) is 38.3 Å². The Morgan fingerprint density at radius 2 is 1.03 bits per heavy atom. The van der Waals surface area contributed by atoms with Crippen molar-refractivity contribution in [3.63, 3.8) is 0 Å². The van der Waals surface area contributed by atoms with Crippen LogP contribution in [0.2, 0.25) is 0 Å². The van der Waals surface area contributed by atoms with Gasteiger partial charge in [0.1, 0.15) is 26.3 Å². The molecule has 0 unspecified atom stereocenters. The Kier molecular flexibility index (Phi) is 9.80. The quantitative estimate of drug-likeness (QED) is 0.237. The van der Waals surface area contributed by atoms with E-state index in [9.17, 15) is 28.8 Å². The first-order valence-corrected chi connectivity index (χ1v) is 9.41. The molecule has 0 aliphatic rings. The van der Waals surface area contributed by atoms with Gasteiger partial charge in [-0.15, -0.1) is 0 Å². The van der Waals surface area contributed by atoms with E-state index in [1.54, 1.807) is 0 Å². The number of H-pyrrole nitrogens is 2. The molecule has 0 radical (unpaired) electrons. The maximum absolute atomic E-state index is 11.6. The van der Waals surface area contributed by atoms with Crippen LogP contribution in [0, 0.1) is 0 Å². The number of esters is 2. The summed E-state index contributed by atoms with van der Waals surface area (Å²) >= 11 is 0. The highest BCUT2D eigenvalue weighted by Crippen LogP contribution is 1.88. The number of nitrogens with zero attached hydrogens (tertiary/aromatic N) is 2. The van der Waals surface area contributed by atoms with Crippen molar-refractivity contribution in [3.05, 3.63) is 66.2 Å². The summed E-state index contributed by atoms with van der Waals surface area (Å²) in [5, 5.41) is 0. The van der Waals surface area contributed by atoms with Gasteiger partial charge in [-0.1, -0.05) is 0 Å². The average Bonchev–Trinajstić information content (AvgIpc) is 2.73. The van der Waals surface area contributed by atoms with E-state index in [-0.39, 0.29) is 52.7 Å². The summed E-state index contributed by atoms with van der Waals surface area (Å²) in [5.41, 5.74) is -2.54. The number of rotatable bonds is 13. The fraction of sp³-hybridized carbons (Fsp3) is 0.444. The van der Waals surface area contributed by atoms with Crippen LogP contribution in [0.25, 0.3) is 0 Å². The zero-order chi connectivity index (χ0) is 23.3. The van der Waals surface area contributed by atoms with Crippen molar-refractivity contribution in [2.75, 3.05) is 39.6 Å². The maximum atomic E-state index is 11.6. The number of nitrogens with one attached hydrogen (secondary N) is 2. The second-order valence-corrected chi connectivity index (χ2v) is 6.14. The van der Waals surface area contributed by atoms with Crippen molar-refractivity contribution < 1.29 is 28.5 Å². The summed E-state index contributed by atoms with van der Waals surface area (Å²) in [5.74, 6) is -1.32. The molecular weight excluding hydrogens is 432 g/mol. The Bertz CT molecular complexity index is 1040. The minimum Gasteiger partial charge on any atom is -0.462 e. The molecule has 0 amide bonds. The third kappa shape index (κ3) is 8.93. The molecule has 0 saturated heterocycles. The number of aromatic nitrogens is 4. The number of carbonyl (C=O) groups excluding carboxylic acids is 2. The molecule has 0 fully saturated rings. The molecule has 2 rings (SSSR count). The van der Waals surface area contributed by atoms with Gasteiger partial charge in [-0.05, 0) is 0 Å². The molecule has 14 heteroatoms. The maximum Gasteiger partial charge on any atom is 0.328 e. The van der Waals surface area contributed by atoms with Gasteiger partial charge in [0.2, 0.25) is 0 Å². The lowest BCUT2D eigenvalue weighted by Gasteiger charge is -2.08. The SMILES string of the molecule is O=C(Cn1ccc(=O)[nH]c1=O)OCCOCCOCCOC(=O)Cn1ccc(=O)[nH]c1=O. The first-order chi connectivity index (χ1) is 15.3. The van der Waals surface area contributed by atoms with Gasteiger partial charge < -0.3 is 18.9 Å². The number of hydrogen-bond donors (Lipinski definition) is 2. The van der Waals surface area contributed by atoms with E-state index >= 15 is 0 Å². The monoisotopic (exact) mass is 454 g/mol. The highest BCUT2D eigenvalue weighted by Gasteiger charge is 2.07. The number of hydrogen-bond acceptors (Lipinski definition) is 10. The second-order valence-electron chi connectivity index (χ2n) is 6.14. The Morgan fingerprint density at radius 3 is 1.41 bits per heavy atom. The van der Waals surface area contributed by atoms with Crippen LogP contribution in [-0.2, 0) is 41.6 Å². The van der Waals surface area contributed by atoms with E-state index in [0.717, 1.165) is 21.3 Å². The summed E-state index contributed by atoms with van der Waals surface area (Å²) in [6, 6.07) is 2.23. The Morgan fingerprint density at radius 1 is 0.656 bits per heavy atom. The van der Waals surface area contributed by atoms with Crippen molar-refractivity contribution in [2.45, 2.75) is 13.1 Å². The Balaban J connectivity index is 1.46. The zero-order valence-corrected chi connectivity index (χ0v) is 16.9. The summed E-state index contributed by atoms with van der Waals surface area (Å²) in [7, 11) is 0. The lowest BCUT2D eigenvalue weighted by Crippen LogP contribution is -2.31. The van der Waals surface area contributed by atoms with Crippen molar-refractivity contribution in [2.24, 2.45) is 0 Å². The van der Waals surface area contributed by atoms with Crippen molar-refractivity contribution in [1.29, 1.82) is 0 Å². The van der Waals surface area contributed by atoms with Crippen LogP contribution >= 0.6 is 0 Å². The fourth-order valence-electron chi connectivity index (χ4n) is 2.26. The van der Waals surface area contributed by atoms with Crippen LogP contribution in [0.4, 0.5) is 0 Å². The molecule has 2 aromatic rings. The van der Waals surface area contributed by atoms with Crippen LogP contribution in [0.1, 0.15) is 0 Å². The Hall–Kier alpha value is -3.78. The summed E-state index contributed by atoms with van der Waals surface area (Å²) in [6.45, 7) is -0.105. The van der Waals surface area contributed by atoms with E-state index in [1.807, 2.05) is 9.97 Å². The molecule has 0 bridgehead atoms. The number of ether oxygens (including phenoxy) is 4. The zero-order valence-electron chi connectivity index (χ0n) is 16.9. The molecule has 0 saturated carbocycles. The normalized spacial score (nSPS) is 10.6. The average molecular weight is 454 g/mol. The number of carbonyl (C=O) groups is 2. The third-order valence-electron chi connectivity index (χ3n) is 3.75. The van der Waals surface area contributed by atoms with E-state index in [1.165, 1.54) is 12.4 Å². The second kappa shape index (κ2) is 12.8. The fourth-order valence-corrected chi connectivity index (χ4v) is 2.26. The molecule has 174 valence electrons. The van der Waals surface area contributed by atoms with Gasteiger partial charge in [-0.2, -0.15) is 0 Å². The van der Waals surface area contributed by atoms with Crippen molar-refractivity contribution in [3.8, 4) is 0 Å².